The quantitative estimate of drug-likeness (QED) is 0.526. The van der Waals surface area contributed by atoms with E-state index in [1.165, 1.54) is 0 Å². The van der Waals surface area contributed by atoms with Crippen molar-refractivity contribution in [2.45, 2.75) is 32.3 Å². The number of guanidine groups is 1. The second kappa shape index (κ2) is 9.98. The number of amides is 1. The van der Waals surface area contributed by atoms with Crippen molar-refractivity contribution < 1.29 is 9.90 Å². The number of carbonyl (C=O) groups excluding carboxylic acids is 1. The summed E-state index contributed by atoms with van der Waals surface area (Å²) in [6, 6.07) is 3.61. The van der Waals surface area contributed by atoms with E-state index in [1.54, 1.807) is 31.6 Å². The van der Waals surface area contributed by atoms with Gasteiger partial charge in [-0.15, -0.1) is 0 Å². The van der Waals surface area contributed by atoms with E-state index in [0.29, 0.717) is 18.9 Å². The molecule has 0 radical (unpaired) electrons. The lowest BCUT2D eigenvalue weighted by Gasteiger charge is -2.34. The second-order valence-corrected chi connectivity index (χ2v) is 6.30. The highest BCUT2D eigenvalue weighted by molar-refractivity contribution is 5.80. The fourth-order valence-corrected chi connectivity index (χ4v) is 3.00. The molecule has 3 N–H and O–H groups in total. The van der Waals surface area contributed by atoms with Crippen LogP contribution in [0, 0.1) is 5.92 Å². The summed E-state index contributed by atoms with van der Waals surface area (Å²) in [5.41, 5.74) is 0.818. The molecule has 0 aromatic carbocycles. The van der Waals surface area contributed by atoms with Crippen LogP contribution in [-0.4, -0.2) is 60.1 Å². The van der Waals surface area contributed by atoms with Gasteiger partial charge in [0.25, 0.3) is 0 Å². The number of nitrogens with zero attached hydrogens (tertiary/aromatic N) is 3. The third-order valence-electron chi connectivity index (χ3n) is 4.51. The highest BCUT2D eigenvalue weighted by Crippen LogP contribution is 2.20. The molecule has 7 heteroatoms. The molecule has 1 aliphatic rings. The summed E-state index contributed by atoms with van der Waals surface area (Å²) in [6.07, 6.45) is 5.26. The van der Waals surface area contributed by atoms with E-state index in [4.69, 9.17) is 0 Å². The summed E-state index contributed by atoms with van der Waals surface area (Å²) in [5, 5.41) is 16.3. The molecule has 1 aliphatic heterocycles. The highest BCUT2D eigenvalue weighted by atomic mass is 16.3. The molecule has 0 aliphatic carbocycles. The van der Waals surface area contributed by atoms with Crippen LogP contribution in [0.25, 0.3) is 0 Å². The summed E-state index contributed by atoms with van der Waals surface area (Å²) < 4.78 is 0. The number of piperidine rings is 1. The molecular weight excluding hydrogens is 318 g/mol. The first-order valence-electron chi connectivity index (χ1n) is 8.95. The summed E-state index contributed by atoms with van der Waals surface area (Å²) in [7, 11) is 1.68. The van der Waals surface area contributed by atoms with Crippen molar-refractivity contribution >= 4 is 11.9 Å². The molecule has 138 valence electrons. The third-order valence-corrected chi connectivity index (χ3v) is 4.51. The highest BCUT2D eigenvalue weighted by Gasteiger charge is 2.23. The van der Waals surface area contributed by atoms with Gasteiger partial charge in [0.05, 0.1) is 12.6 Å². The first-order valence-corrected chi connectivity index (χ1v) is 8.95. The van der Waals surface area contributed by atoms with E-state index in [9.17, 15) is 9.90 Å². The fourth-order valence-electron chi connectivity index (χ4n) is 3.00. The van der Waals surface area contributed by atoms with Crippen LogP contribution in [0.2, 0.25) is 0 Å². The maximum absolute atomic E-state index is 11.5. The Hall–Kier alpha value is -2.15. The van der Waals surface area contributed by atoms with Gasteiger partial charge in [0.1, 0.15) is 0 Å². The molecule has 0 spiro atoms. The molecule has 1 aromatic rings. The normalized spacial score (nSPS) is 17.2. The molecule has 1 unspecified atom stereocenters. The Morgan fingerprint density at radius 2 is 2.08 bits per heavy atom. The smallest absolute Gasteiger partial charge is 0.220 e. The zero-order valence-electron chi connectivity index (χ0n) is 15.1. The number of nitrogens with one attached hydrogen (secondary N) is 2. The number of pyridine rings is 1. The predicted molar refractivity (Wildman–Crippen MR) is 98.2 cm³/mol. The van der Waals surface area contributed by atoms with Gasteiger partial charge in [0.15, 0.2) is 5.96 Å². The molecule has 0 saturated carbocycles. The topological polar surface area (TPSA) is 89.9 Å². The Morgan fingerprint density at radius 1 is 1.40 bits per heavy atom. The van der Waals surface area contributed by atoms with Crippen LogP contribution in [0.4, 0.5) is 0 Å². The number of aliphatic hydroxyl groups excluding tert-OH is 1. The standard InChI is InChI=1S/C18H29N5O2/c1-3-21-18(22-13-16(24)15-4-8-20-9-5-15)23-10-6-14(7-11-23)12-17(25)19-2/h4-5,8-9,14,16,24H,3,6-7,10-13H2,1-2H3,(H,19,25)(H,21,22). The Balaban J connectivity index is 1.91. The van der Waals surface area contributed by atoms with Crippen molar-refractivity contribution in [2.24, 2.45) is 10.9 Å². The van der Waals surface area contributed by atoms with Crippen LogP contribution < -0.4 is 10.6 Å². The average Bonchev–Trinajstić information content (AvgIpc) is 2.66. The minimum absolute atomic E-state index is 0.111. The van der Waals surface area contributed by atoms with Crippen molar-refractivity contribution in [3.05, 3.63) is 30.1 Å². The molecule has 0 bridgehead atoms. The Morgan fingerprint density at radius 3 is 2.68 bits per heavy atom. The van der Waals surface area contributed by atoms with Crippen LogP contribution in [0.5, 0.6) is 0 Å². The van der Waals surface area contributed by atoms with Crippen LogP contribution in [0.3, 0.4) is 0 Å². The van der Waals surface area contributed by atoms with Crippen LogP contribution in [-0.2, 0) is 4.79 Å². The molecule has 7 nitrogen and oxygen atoms in total. The Bertz CT molecular complexity index is 556. The van der Waals surface area contributed by atoms with Gasteiger partial charge in [-0.25, -0.2) is 0 Å². The molecule has 25 heavy (non-hydrogen) atoms. The summed E-state index contributed by atoms with van der Waals surface area (Å²) in [5.74, 6) is 1.37. The summed E-state index contributed by atoms with van der Waals surface area (Å²) in [6.45, 7) is 4.87. The van der Waals surface area contributed by atoms with E-state index < -0.39 is 6.10 Å². The largest absolute Gasteiger partial charge is 0.386 e. The number of rotatable bonds is 6. The van der Waals surface area contributed by atoms with E-state index in [1.807, 2.05) is 6.92 Å². The van der Waals surface area contributed by atoms with E-state index >= 15 is 0 Å². The minimum atomic E-state index is -0.637. The molecule has 1 amide bonds. The van der Waals surface area contributed by atoms with Gasteiger partial charge >= 0.3 is 0 Å². The molecule has 1 atom stereocenters. The zero-order valence-corrected chi connectivity index (χ0v) is 15.1. The van der Waals surface area contributed by atoms with E-state index in [-0.39, 0.29) is 5.91 Å². The van der Waals surface area contributed by atoms with Crippen molar-refractivity contribution in [3.8, 4) is 0 Å². The molecule has 2 rings (SSSR count). The van der Waals surface area contributed by atoms with Crippen molar-refractivity contribution in [1.82, 2.24) is 20.5 Å². The minimum Gasteiger partial charge on any atom is -0.386 e. The van der Waals surface area contributed by atoms with Gasteiger partial charge in [0, 0.05) is 45.5 Å². The number of hydrogen-bond donors (Lipinski definition) is 3. The predicted octanol–water partition coefficient (Wildman–Crippen LogP) is 0.929. The number of aromatic nitrogens is 1. The SMILES string of the molecule is CCNC(=NCC(O)c1ccncc1)N1CCC(CC(=O)NC)CC1. The maximum Gasteiger partial charge on any atom is 0.220 e. The van der Waals surface area contributed by atoms with Crippen molar-refractivity contribution in [3.63, 3.8) is 0 Å². The lowest BCUT2D eigenvalue weighted by molar-refractivity contribution is -0.121. The first kappa shape index (κ1) is 19.2. The Kier molecular flexibility index (Phi) is 7.66. The fraction of sp³-hybridized carbons (Fsp3) is 0.611. The monoisotopic (exact) mass is 347 g/mol. The molecule has 1 saturated heterocycles. The number of hydrogen-bond acceptors (Lipinski definition) is 4. The zero-order chi connectivity index (χ0) is 18.1. The van der Waals surface area contributed by atoms with Gasteiger partial charge in [-0.3, -0.25) is 14.8 Å². The van der Waals surface area contributed by atoms with Gasteiger partial charge in [-0.2, -0.15) is 0 Å². The molecule has 1 aromatic heterocycles. The van der Waals surface area contributed by atoms with Gasteiger partial charge in [-0.1, -0.05) is 0 Å². The first-order chi connectivity index (χ1) is 12.1. The van der Waals surface area contributed by atoms with E-state index in [0.717, 1.165) is 44.0 Å². The van der Waals surface area contributed by atoms with Crippen LogP contribution in [0.15, 0.2) is 29.5 Å². The maximum atomic E-state index is 11.5. The number of carbonyl (C=O) groups is 1. The number of aliphatic hydroxyl groups is 1. The van der Waals surface area contributed by atoms with Gasteiger partial charge < -0.3 is 20.6 Å². The van der Waals surface area contributed by atoms with Crippen LogP contribution >= 0.6 is 0 Å². The molecule has 2 heterocycles. The third kappa shape index (κ3) is 6.01. The average molecular weight is 347 g/mol. The summed E-state index contributed by atoms with van der Waals surface area (Å²) >= 11 is 0. The van der Waals surface area contributed by atoms with Crippen molar-refractivity contribution in [2.75, 3.05) is 33.2 Å². The van der Waals surface area contributed by atoms with Crippen LogP contribution in [0.1, 0.15) is 37.9 Å². The van der Waals surface area contributed by atoms with Gasteiger partial charge in [0.2, 0.25) is 5.91 Å². The lowest BCUT2D eigenvalue weighted by Crippen LogP contribution is -2.46. The molecular formula is C18H29N5O2. The number of likely N-dealkylation sites (tertiary alicyclic amines) is 1. The number of aliphatic imine (C=N–C) groups is 1. The van der Waals surface area contributed by atoms with Gasteiger partial charge in [-0.05, 0) is 43.4 Å². The summed E-state index contributed by atoms with van der Waals surface area (Å²) in [4.78, 5) is 22.3. The lowest BCUT2D eigenvalue weighted by atomic mass is 9.93. The van der Waals surface area contributed by atoms with Crippen molar-refractivity contribution in [1.29, 1.82) is 0 Å². The van der Waals surface area contributed by atoms with E-state index in [2.05, 4.69) is 25.5 Å². The molecule has 1 fully saturated rings. The Labute approximate surface area is 149 Å². The second-order valence-electron chi connectivity index (χ2n) is 6.30.